The van der Waals surface area contributed by atoms with Gasteiger partial charge in [-0.25, -0.2) is 0 Å². The summed E-state index contributed by atoms with van der Waals surface area (Å²) in [5, 5.41) is 9.13. The molecule has 0 aliphatic heterocycles. The number of furan rings is 1. The van der Waals surface area contributed by atoms with Crippen molar-refractivity contribution >= 4 is 44.9 Å². The molecule has 2 heterocycles. The van der Waals surface area contributed by atoms with Crippen LogP contribution in [0.5, 0.6) is 5.75 Å². The minimum Gasteiger partial charge on any atom is -0.495 e. The lowest BCUT2D eigenvalue weighted by Gasteiger charge is -2.23. The van der Waals surface area contributed by atoms with E-state index in [4.69, 9.17) is 9.15 Å². The molecule has 4 rings (SSSR count). The van der Waals surface area contributed by atoms with Crippen LogP contribution in [0.2, 0.25) is 0 Å². The summed E-state index contributed by atoms with van der Waals surface area (Å²) >= 11 is 1.66. The molecule has 0 aliphatic carbocycles. The Morgan fingerprint density at radius 3 is 2.79 bits per heavy atom. The third-order valence-corrected chi connectivity index (χ3v) is 5.74. The summed E-state index contributed by atoms with van der Waals surface area (Å²) in [6.45, 7) is 2.62. The highest BCUT2D eigenvalue weighted by molar-refractivity contribution is 7.07. The molecule has 144 valence electrons. The number of hydrogen-bond donors (Lipinski definition) is 1. The predicted molar refractivity (Wildman–Crippen MR) is 114 cm³/mol. The molecule has 0 unspecified atom stereocenters. The van der Waals surface area contributed by atoms with Crippen LogP contribution in [0.3, 0.4) is 0 Å². The molecule has 1 atom stereocenters. The number of fused-ring (bicyclic) bond motifs is 3. The van der Waals surface area contributed by atoms with Crippen LogP contribution in [0.1, 0.15) is 12.5 Å². The molecule has 2 aromatic heterocycles. The summed E-state index contributed by atoms with van der Waals surface area (Å²) < 4.78 is 11.5. The number of carbonyl (C=O) groups is 1. The van der Waals surface area contributed by atoms with Gasteiger partial charge in [-0.1, -0.05) is 18.2 Å². The fourth-order valence-corrected chi connectivity index (χ4v) is 3.92. The van der Waals surface area contributed by atoms with E-state index in [0.29, 0.717) is 11.4 Å². The lowest BCUT2D eigenvalue weighted by Crippen LogP contribution is -2.39. The summed E-state index contributed by atoms with van der Waals surface area (Å²) in [5.41, 5.74) is 3.34. The van der Waals surface area contributed by atoms with Gasteiger partial charge in [-0.05, 0) is 48.5 Å². The van der Waals surface area contributed by atoms with Gasteiger partial charge in [-0.15, -0.1) is 0 Å². The topological polar surface area (TPSA) is 54.7 Å². The number of anilines is 1. The first-order chi connectivity index (χ1) is 13.6. The van der Waals surface area contributed by atoms with Crippen LogP contribution in [-0.4, -0.2) is 31.0 Å². The smallest absolute Gasteiger partial charge is 0.241 e. The van der Waals surface area contributed by atoms with E-state index in [0.717, 1.165) is 28.5 Å². The number of amides is 1. The van der Waals surface area contributed by atoms with Crippen LogP contribution in [-0.2, 0) is 11.3 Å². The number of nitrogens with one attached hydrogen (secondary N) is 1. The van der Waals surface area contributed by atoms with Gasteiger partial charge in [0, 0.05) is 23.4 Å². The number of likely N-dealkylation sites (N-methyl/N-ethyl adjacent to an activating group) is 1. The summed E-state index contributed by atoms with van der Waals surface area (Å²) in [6, 6.07) is 13.4. The van der Waals surface area contributed by atoms with Gasteiger partial charge in [0.15, 0.2) is 0 Å². The number of nitrogens with zero attached hydrogens (tertiary/aromatic N) is 1. The van der Waals surface area contributed by atoms with E-state index in [2.05, 4.69) is 16.8 Å². The number of rotatable bonds is 6. The molecule has 28 heavy (non-hydrogen) atoms. The molecule has 0 radical (unpaired) electrons. The van der Waals surface area contributed by atoms with Crippen LogP contribution < -0.4 is 10.1 Å². The Balaban J connectivity index is 1.59. The molecule has 0 spiro atoms. The summed E-state index contributed by atoms with van der Waals surface area (Å²) in [7, 11) is 3.55. The molecule has 2 aromatic carbocycles. The fraction of sp³-hybridized carbons (Fsp3) is 0.227. The summed E-state index contributed by atoms with van der Waals surface area (Å²) in [4.78, 5) is 14.8. The minimum absolute atomic E-state index is 0.0912. The second-order valence-electron chi connectivity index (χ2n) is 6.86. The lowest BCUT2D eigenvalue weighted by molar-refractivity contribution is -0.120. The highest BCUT2D eigenvalue weighted by atomic mass is 32.1. The molecule has 0 saturated heterocycles. The first kappa shape index (κ1) is 18.5. The van der Waals surface area contributed by atoms with Crippen molar-refractivity contribution in [1.29, 1.82) is 0 Å². The van der Waals surface area contributed by atoms with Gasteiger partial charge in [0.1, 0.15) is 16.9 Å². The number of thiophene rings is 1. The molecule has 4 aromatic rings. The predicted octanol–water partition coefficient (Wildman–Crippen LogP) is 5.12. The van der Waals surface area contributed by atoms with Crippen molar-refractivity contribution in [3.8, 4) is 5.75 Å². The number of ether oxygens (including phenoxy) is 1. The molecule has 5 nitrogen and oxygen atoms in total. The minimum atomic E-state index is -0.295. The third kappa shape index (κ3) is 3.48. The lowest BCUT2D eigenvalue weighted by atomic mass is 10.1. The van der Waals surface area contributed by atoms with Crippen molar-refractivity contribution in [2.45, 2.75) is 19.5 Å². The van der Waals surface area contributed by atoms with Gasteiger partial charge in [0.25, 0.3) is 0 Å². The zero-order valence-corrected chi connectivity index (χ0v) is 16.9. The largest absolute Gasteiger partial charge is 0.495 e. The Morgan fingerprint density at radius 1 is 1.21 bits per heavy atom. The Kier molecular flexibility index (Phi) is 5.07. The molecule has 0 aliphatic rings. The molecular weight excluding hydrogens is 372 g/mol. The van der Waals surface area contributed by atoms with Crippen molar-refractivity contribution < 1.29 is 13.9 Å². The van der Waals surface area contributed by atoms with E-state index in [-0.39, 0.29) is 11.9 Å². The maximum Gasteiger partial charge on any atom is 0.241 e. The van der Waals surface area contributed by atoms with Gasteiger partial charge in [-0.3, -0.25) is 9.69 Å². The maximum atomic E-state index is 12.8. The van der Waals surface area contributed by atoms with Crippen LogP contribution in [0.15, 0.2) is 57.6 Å². The zero-order valence-electron chi connectivity index (χ0n) is 16.1. The van der Waals surface area contributed by atoms with E-state index >= 15 is 0 Å². The average Bonchev–Trinajstić information content (AvgIpc) is 3.33. The number of methoxy groups -OCH3 is 1. The molecule has 1 amide bonds. The highest BCUT2D eigenvalue weighted by Crippen LogP contribution is 2.36. The second-order valence-corrected chi connectivity index (χ2v) is 7.64. The standard InChI is InChI=1S/C22H22N2O3S/c1-14(24(2)12-15-8-9-28-13-15)22(25)23-18-11-20-17(10-21(18)26-3)16-6-4-5-7-19(16)27-20/h4-11,13-14H,12H2,1-3H3,(H,23,25)/t14-/m1/s1. The SMILES string of the molecule is COc1cc2c(cc1NC(=O)[C@@H](C)N(C)Cc1ccsc1)oc1ccccc12. The monoisotopic (exact) mass is 394 g/mol. The van der Waals surface area contributed by atoms with Crippen molar-refractivity contribution in [3.63, 3.8) is 0 Å². The van der Waals surface area contributed by atoms with E-state index in [1.54, 1.807) is 18.4 Å². The molecular formula is C22H22N2O3S. The highest BCUT2D eigenvalue weighted by Gasteiger charge is 2.21. The Bertz CT molecular complexity index is 1120. The van der Waals surface area contributed by atoms with Crippen LogP contribution in [0.25, 0.3) is 21.9 Å². The van der Waals surface area contributed by atoms with Crippen molar-refractivity contribution in [3.05, 3.63) is 58.8 Å². The Hall–Kier alpha value is -2.83. The second kappa shape index (κ2) is 7.66. The molecule has 6 heteroatoms. The van der Waals surface area contributed by atoms with Gasteiger partial charge in [0.2, 0.25) is 5.91 Å². The first-order valence-electron chi connectivity index (χ1n) is 9.08. The van der Waals surface area contributed by atoms with Gasteiger partial charge in [-0.2, -0.15) is 11.3 Å². The number of carbonyl (C=O) groups excluding carboxylic acids is 1. The third-order valence-electron chi connectivity index (χ3n) is 5.01. The van der Waals surface area contributed by atoms with Crippen molar-refractivity contribution in [1.82, 2.24) is 4.90 Å². The van der Waals surface area contributed by atoms with E-state index in [9.17, 15) is 4.79 Å². The van der Waals surface area contributed by atoms with Crippen molar-refractivity contribution in [2.75, 3.05) is 19.5 Å². The van der Waals surface area contributed by atoms with E-state index in [1.165, 1.54) is 5.56 Å². The van der Waals surface area contributed by atoms with Crippen molar-refractivity contribution in [2.24, 2.45) is 0 Å². The average molecular weight is 394 g/mol. The number of benzene rings is 2. The summed E-state index contributed by atoms with van der Waals surface area (Å²) in [5.74, 6) is 0.520. The molecule has 0 bridgehead atoms. The van der Waals surface area contributed by atoms with E-state index < -0.39 is 0 Å². The Morgan fingerprint density at radius 2 is 2.04 bits per heavy atom. The normalized spacial score (nSPS) is 12.6. The number of hydrogen-bond acceptors (Lipinski definition) is 5. The fourth-order valence-electron chi connectivity index (χ4n) is 3.26. The first-order valence-corrected chi connectivity index (χ1v) is 10.0. The van der Waals surface area contributed by atoms with Gasteiger partial charge in [0.05, 0.1) is 18.8 Å². The van der Waals surface area contributed by atoms with Crippen LogP contribution in [0, 0.1) is 0 Å². The molecule has 1 N–H and O–H groups in total. The maximum absolute atomic E-state index is 12.8. The molecule has 0 saturated carbocycles. The summed E-state index contributed by atoms with van der Waals surface area (Å²) in [6.07, 6.45) is 0. The van der Waals surface area contributed by atoms with Crippen LogP contribution >= 0.6 is 11.3 Å². The zero-order chi connectivity index (χ0) is 19.7. The van der Waals surface area contributed by atoms with Gasteiger partial charge < -0.3 is 14.5 Å². The quantitative estimate of drug-likeness (QED) is 0.493. The van der Waals surface area contributed by atoms with Crippen LogP contribution in [0.4, 0.5) is 5.69 Å². The van der Waals surface area contributed by atoms with E-state index in [1.807, 2.05) is 60.6 Å². The molecule has 0 fully saturated rings. The Labute approximate surface area is 167 Å². The number of para-hydroxylation sites is 1. The van der Waals surface area contributed by atoms with Gasteiger partial charge >= 0.3 is 0 Å².